The highest BCUT2D eigenvalue weighted by Gasteiger charge is 2.12. The van der Waals surface area contributed by atoms with Gasteiger partial charge in [-0.05, 0) is 20.0 Å². The van der Waals surface area contributed by atoms with Crippen molar-refractivity contribution >= 4 is 5.91 Å². The van der Waals surface area contributed by atoms with Gasteiger partial charge in [-0.1, -0.05) is 6.07 Å². The standard InChI is InChI=1S/C14H20F2N2O2/c1-10(9-20-3)17-14(19)8-18(2)7-11-4-5-12(15)6-13(11)16/h4-6,10H,7-9H2,1-3H3,(H,17,19). The number of nitrogens with zero attached hydrogens (tertiary/aromatic N) is 1. The molecule has 4 nitrogen and oxygen atoms in total. The summed E-state index contributed by atoms with van der Waals surface area (Å²) in [5, 5.41) is 2.76. The number of halogens is 2. The van der Waals surface area contributed by atoms with Crippen LogP contribution in [0, 0.1) is 11.6 Å². The van der Waals surface area contributed by atoms with E-state index in [1.807, 2.05) is 6.92 Å². The molecular weight excluding hydrogens is 266 g/mol. The Labute approximate surface area is 117 Å². The summed E-state index contributed by atoms with van der Waals surface area (Å²) in [6.07, 6.45) is 0. The molecule has 0 aliphatic carbocycles. The van der Waals surface area contributed by atoms with E-state index in [0.29, 0.717) is 12.2 Å². The minimum absolute atomic E-state index is 0.0801. The van der Waals surface area contributed by atoms with Gasteiger partial charge in [-0.3, -0.25) is 9.69 Å². The van der Waals surface area contributed by atoms with Crippen LogP contribution in [0.5, 0.6) is 0 Å². The Balaban J connectivity index is 2.46. The number of benzene rings is 1. The molecule has 1 atom stereocenters. The predicted molar refractivity (Wildman–Crippen MR) is 72.2 cm³/mol. The smallest absolute Gasteiger partial charge is 0.234 e. The van der Waals surface area contributed by atoms with E-state index < -0.39 is 11.6 Å². The highest BCUT2D eigenvalue weighted by atomic mass is 19.1. The van der Waals surface area contributed by atoms with Gasteiger partial charge in [0.25, 0.3) is 0 Å². The third kappa shape index (κ3) is 5.63. The Bertz CT molecular complexity index is 455. The van der Waals surface area contributed by atoms with Crippen molar-refractivity contribution in [3.05, 3.63) is 35.4 Å². The fraction of sp³-hybridized carbons (Fsp3) is 0.500. The second-order valence-corrected chi connectivity index (χ2v) is 4.83. The first kappa shape index (κ1) is 16.5. The Hall–Kier alpha value is -1.53. The lowest BCUT2D eigenvalue weighted by Crippen LogP contribution is -2.41. The molecule has 0 aliphatic heterocycles. The molecular formula is C14H20F2N2O2. The van der Waals surface area contributed by atoms with E-state index in [9.17, 15) is 13.6 Å². The van der Waals surface area contributed by atoms with Crippen LogP contribution in [-0.4, -0.2) is 44.2 Å². The number of hydrogen-bond donors (Lipinski definition) is 1. The molecule has 0 bridgehead atoms. The first-order valence-corrected chi connectivity index (χ1v) is 6.33. The maximum atomic E-state index is 13.5. The summed E-state index contributed by atoms with van der Waals surface area (Å²) in [5.74, 6) is -1.38. The summed E-state index contributed by atoms with van der Waals surface area (Å²) >= 11 is 0. The van der Waals surface area contributed by atoms with Gasteiger partial charge in [0.15, 0.2) is 0 Å². The Kier molecular flexibility index (Phi) is 6.54. The summed E-state index contributed by atoms with van der Waals surface area (Å²) in [5.41, 5.74) is 0.353. The van der Waals surface area contributed by atoms with Gasteiger partial charge in [0.1, 0.15) is 11.6 Å². The number of nitrogens with one attached hydrogen (secondary N) is 1. The van der Waals surface area contributed by atoms with E-state index in [1.165, 1.54) is 12.1 Å². The van der Waals surface area contributed by atoms with Crippen LogP contribution >= 0.6 is 0 Å². The normalized spacial score (nSPS) is 12.5. The highest BCUT2D eigenvalue weighted by Crippen LogP contribution is 2.11. The summed E-state index contributed by atoms with van der Waals surface area (Å²) in [4.78, 5) is 13.4. The molecule has 112 valence electrons. The van der Waals surface area contributed by atoms with Crippen LogP contribution in [0.2, 0.25) is 0 Å². The summed E-state index contributed by atoms with van der Waals surface area (Å²) in [6, 6.07) is 3.34. The SMILES string of the molecule is COCC(C)NC(=O)CN(C)Cc1ccc(F)cc1F. The number of rotatable bonds is 7. The van der Waals surface area contributed by atoms with Gasteiger partial charge in [-0.25, -0.2) is 8.78 Å². The summed E-state index contributed by atoms with van der Waals surface area (Å²) < 4.78 is 31.2. The molecule has 1 aromatic rings. The molecule has 1 aromatic carbocycles. The van der Waals surface area contributed by atoms with Gasteiger partial charge in [0, 0.05) is 31.3 Å². The summed E-state index contributed by atoms with van der Waals surface area (Å²) in [6.45, 7) is 2.63. The molecule has 0 saturated heterocycles. The molecule has 0 radical (unpaired) electrons. The van der Waals surface area contributed by atoms with Crippen molar-refractivity contribution in [2.45, 2.75) is 19.5 Å². The van der Waals surface area contributed by atoms with Crippen molar-refractivity contribution in [3.63, 3.8) is 0 Å². The molecule has 1 unspecified atom stereocenters. The van der Waals surface area contributed by atoms with Gasteiger partial charge < -0.3 is 10.1 Å². The van der Waals surface area contributed by atoms with E-state index in [0.717, 1.165) is 6.07 Å². The largest absolute Gasteiger partial charge is 0.383 e. The van der Waals surface area contributed by atoms with Crippen molar-refractivity contribution in [1.29, 1.82) is 0 Å². The predicted octanol–water partition coefficient (Wildman–Crippen LogP) is 1.55. The first-order chi connectivity index (χ1) is 9.42. The lowest BCUT2D eigenvalue weighted by Gasteiger charge is -2.19. The van der Waals surface area contributed by atoms with Crippen molar-refractivity contribution in [3.8, 4) is 0 Å². The first-order valence-electron chi connectivity index (χ1n) is 6.33. The maximum Gasteiger partial charge on any atom is 0.234 e. The van der Waals surface area contributed by atoms with E-state index in [4.69, 9.17) is 4.74 Å². The second-order valence-electron chi connectivity index (χ2n) is 4.83. The zero-order chi connectivity index (χ0) is 15.1. The van der Waals surface area contributed by atoms with Crippen LogP contribution < -0.4 is 5.32 Å². The number of hydrogen-bond acceptors (Lipinski definition) is 3. The average Bonchev–Trinajstić information content (AvgIpc) is 2.32. The van der Waals surface area contributed by atoms with Crippen molar-refractivity contribution < 1.29 is 18.3 Å². The Morgan fingerprint density at radius 2 is 2.15 bits per heavy atom. The molecule has 0 aromatic heterocycles. The molecule has 0 heterocycles. The summed E-state index contributed by atoms with van der Waals surface area (Å²) in [7, 11) is 3.26. The van der Waals surface area contributed by atoms with Crippen molar-refractivity contribution in [1.82, 2.24) is 10.2 Å². The fourth-order valence-electron chi connectivity index (χ4n) is 1.85. The molecule has 1 amide bonds. The second kappa shape index (κ2) is 7.91. The maximum absolute atomic E-state index is 13.5. The third-order valence-electron chi connectivity index (χ3n) is 2.69. The molecule has 6 heteroatoms. The van der Waals surface area contributed by atoms with Gasteiger partial charge in [0.05, 0.1) is 13.2 Å². The van der Waals surface area contributed by atoms with Gasteiger partial charge in [-0.2, -0.15) is 0 Å². The van der Waals surface area contributed by atoms with E-state index >= 15 is 0 Å². The average molecular weight is 286 g/mol. The van der Waals surface area contributed by atoms with Crippen molar-refractivity contribution in [2.75, 3.05) is 27.3 Å². The number of ether oxygens (including phenoxy) is 1. The van der Waals surface area contributed by atoms with Gasteiger partial charge in [-0.15, -0.1) is 0 Å². The molecule has 1 N–H and O–H groups in total. The fourth-order valence-corrected chi connectivity index (χ4v) is 1.85. The van der Waals surface area contributed by atoms with Crippen LogP contribution in [0.4, 0.5) is 8.78 Å². The molecule has 0 saturated carbocycles. The van der Waals surface area contributed by atoms with Crippen LogP contribution in [-0.2, 0) is 16.1 Å². The van der Waals surface area contributed by atoms with Crippen LogP contribution in [0.15, 0.2) is 18.2 Å². The molecule has 0 fully saturated rings. The number of carbonyl (C=O) groups excluding carboxylic acids is 1. The number of methoxy groups -OCH3 is 1. The van der Waals surface area contributed by atoms with Gasteiger partial charge >= 0.3 is 0 Å². The number of likely N-dealkylation sites (N-methyl/N-ethyl adjacent to an activating group) is 1. The Morgan fingerprint density at radius 1 is 1.45 bits per heavy atom. The van der Waals surface area contributed by atoms with Crippen LogP contribution in [0.25, 0.3) is 0 Å². The quantitative estimate of drug-likeness (QED) is 0.827. The number of carbonyl (C=O) groups is 1. The molecule has 20 heavy (non-hydrogen) atoms. The number of amides is 1. The minimum atomic E-state index is -0.611. The zero-order valence-corrected chi connectivity index (χ0v) is 12.0. The van der Waals surface area contributed by atoms with Crippen LogP contribution in [0.3, 0.4) is 0 Å². The lowest BCUT2D eigenvalue weighted by molar-refractivity contribution is -0.123. The van der Waals surface area contributed by atoms with E-state index in [2.05, 4.69) is 5.32 Å². The molecule has 0 spiro atoms. The van der Waals surface area contributed by atoms with E-state index in [1.54, 1.807) is 19.1 Å². The third-order valence-corrected chi connectivity index (χ3v) is 2.69. The van der Waals surface area contributed by atoms with Crippen LogP contribution in [0.1, 0.15) is 12.5 Å². The van der Waals surface area contributed by atoms with Crippen molar-refractivity contribution in [2.24, 2.45) is 0 Å². The monoisotopic (exact) mass is 286 g/mol. The topological polar surface area (TPSA) is 41.6 Å². The molecule has 1 rings (SSSR count). The Morgan fingerprint density at radius 3 is 2.75 bits per heavy atom. The lowest BCUT2D eigenvalue weighted by atomic mass is 10.2. The van der Waals surface area contributed by atoms with E-state index in [-0.39, 0.29) is 25.0 Å². The minimum Gasteiger partial charge on any atom is -0.383 e. The van der Waals surface area contributed by atoms with Gasteiger partial charge in [0.2, 0.25) is 5.91 Å². The molecule has 0 aliphatic rings. The highest BCUT2D eigenvalue weighted by molar-refractivity contribution is 5.78. The zero-order valence-electron chi connectivity index (χ0n) is 12.0.